The van der Waals surface area contributed by atoms with Crippen LogP contribution in [-0.4, -0.2) is 34.8 Å². The number of ether oxygens (including phenoxy) is 2. The summed E-state index contributed by atoms with van der Waals surface area (Å²) in [6.45, 7) is 2.43. The van der Waals surface area contributed by atoms with Gasteiger partial charge >= 0.3 is 11.7 Å². The highest BCUT2D eigenvalue weighted by molar-refractivity contribution is 6.05. The zero-order chi connectivity index (χ0) is 23.4. The van der Waals surface area contributed by atoms with Gasteiger partial charge in [-0.05, 0) is 48.2 Å². The molecule has 0 spiro atoms. The maximum Gasteiger partial charge on any atom is 0.439 e. The molecule has 4 rings (SSSR count). The topological polar surface area (TPSA) is 107 Å². The third-order valence-corrected chi connectivity index (χ3v) is 5.15. The first-order valence-corrected chi connectivity index (χ1v) is 10.5. The van der Waals surface area contributed by atoms with Crippen LogP contribution in [0, 0.1) is 5.82 Å². The first kappa shape index (κ1) is 22.2. The van der Waals surface area contributed by atoms with Crippen LogP contribution in [0.3, 0.4) is 0 Å². The Kier molecular flexibility index (Phi) is 6.48. The average molecular weight is 451 g/mol. The Morgan fingerprint density at radius 2 is 1.97 bits per heavy atom. The van der Waals surface area contributed by atoms with Crippen molar-refractivity contribution in [1.29, 1.82) is 0 Å². The van der Waals surface area contributed by atoms with Gasteiger partial charge in [-0.15, -0.1) is 0 Å². The largest absolute Gasteiger partial charge is 0.490 e. The predicted molar refractivity (Wildman–Crippen MR) is 119 cm³/mol. The fourth-order valence-electron chi connectivity index (χ4n) is 3.51. The lowest BCUT2D eigenvalue weighted by Crippen LogP contribution is -2.09. The van der Waals surface area contributed by atoms with Gasteiger partial charge in [0.1, 0.15) is 16.9 Å². The number of nitrogens with one attached hydrogen (secondary N) is 1. The van der Waals surface area contributed by atoms with Crippen molar-refractivity contribution in [2.75, 3.05) is 13.7 Å². The summed E-state index contributed by atoms with van der Waals surface area (Å²) in [6, 6.07) is 9.63. The Labute approximate surface area is 188 Å². The molecule has 0 bridgehead atoms. The molecule has 0 fully saturated rings. The van der Waals surface area contributed by atoms with Gasteiger partial charge in [0.05, 0.1) is 13.7 Å². The van der Waals surface area contributed by atoms with E-state index < -0.39 is 11.7 Å². The van der Waals surface area contributed by atoms with Crippen molar-refractivity contribution in [2.45, 2.75) is 26.2 Å². The molecule has 0 aliphatic carbocycles. The number of hydrogen-bond acceptors (Lipinski definition) is 7. The number of aromatic amines is 1. The van der Waals surface area contributed by atoms with Crippen LogP contribution in [0.1, 0.15) is 41.3 Å². The van der Waals surface area contributed by atoms with E-state index in [2.05, 4.69) is 19.6 Å². The molecule has 33 heavy (non-hydrogen) atoms. The Bertz CT molecular complexity index is 1340. The lowest BCUT2D eigenvalue weighted by molar-refractivity contribution is 0.0596. The smallest absolute Gasteiger partial charge is 0.439 e. The van der Waals surface area contributed by atoms with Gasteiger partial charge < -0.3 is 9.47 Å². The summed E-state index contributed by atoms with van der Waals surface area (Å²) in [5.41, 5.74) is 2.77. The van der Waals surface area contributed by atoms with Crippen LogP contribution in [-0.2, 0) is 11.2 Å². The molecule has 0 aliphatic rings. The molecule has 2 aromatic heterocycles. The second kappa shape index (κ2) is 9.64. The van der Waals surface area contributed by atoms with Crippen LogP contribution < -0.4 is 10.5 Å². The number of rotatable bonds is 8. The highest BCUT2D eigenvalue weighted by atomic mass is 19.1. The maximum atomic E-state index is 13.3. The first-order chi connectivity index (χ1) is 16.0. The predicted octanol–water partition coefficient (Wildman–Crippen LogP) is 4.27. The molecule has 9 heteroatoms. The van der Waals surface area contributed by atoms with E-state index in [0.29, 0.717) is 35.2 Å². The van der Waals surface area contributed by atoms with E-state index >= 15 is 0 Å². The number of esters is 1. The molecule has 0 saturated carbocycles. The van der Waals surface area contributed by atoms with E-state index in [1.807, 2.05) is 13.0 Å². The van der Waals surface area contributed by atoms with Gasteiger partial charge in [-0.3, -0.25) is 14.5 Å². The monoisotopic (exact) mass is 451 g/mol. The number of carbonyl (C=O) groups excluding carboxylic acids is 1. The highest BCUT2D eigenvalue weighted by Crippen LogP contribution is 2.36. The molecule has 8 nitrogen and oxygen atoms in total. The van der Waals surface area contributed by atoms with Gasteiger partial charge in [0.15, 0.2) is 11.6 Å². The van der Waals surface area contributed by atoms with Crippen molar-refractivity contribution >= 4 is 16.9 Å². The minimum absolute atomic E-state index is 0.149. The molecule has 0 unspecified atom stereocenters. The summed E-state index contributed by atoms with van der Waals surface area (Å²) in [5.74, 6) is -1.19. The Morgan fingerprint density at radius 3 is 2.64 bits per heavy atom. The van der Waals surface area contributed by atoms with Crippen molar-refractivity contribution in [3.63, 3.8) is 0 Å². The lowest BCUT2D eigenvalue weighted by atomic mass is 9.98. The van der Waals surface area contributed by atoms with Crippen molar-refractivity contribution in [1.82, 2.24) is 15.1 Å². The van der Waals surface area contributed by atoms with E-state index in [1.54, 1.807) is 24.4 Å². The molecule has 0 radical (unpaired) electrons. The molecule has 0 atom stereocenters. The van der Waals surface area contributed by atoms with Crippen LogP contribution >= 0.6 is 0 Å². The number of H-pyrrole nitrogens is 1. The third-order valence-electron chi connectivity index (χ3n) is 5.15. The van der Waals surface area contributed by atoms with E-state index in [-0.39, 0.29) is 17.2 Å². The fourth-order valence-corrected chi connectivity index (χ4v) is 3.51. The average Bonchev–Trinajstić information content (AvgIpc) is 3.26. The number of halogens is 1. The minimum atomic E-state index is -0.725. The van der Waals surface area contributed by atoms with E-state index in [9.17, 15) is 14.0 Å². The molecular weight excluding hydrogens is 429 g/mol. The summed E-state index contributed by atoms with van der Waals surface area (Å²) in [5, 5.41) is 4.39. The molecule has 170 valence electrons. The van der Waals surface area contributed by atoms with E-state index in [1.165, 1.54) is 19.2 Å². The number of methoxy groups -OCH3 is 1. The minimum Gasteiger partial charge on any atom is -0.490 e. The third kappa shape index (κ3) is 4.77. The number of pyridine rings is 1. The second-order valence-electron chi connectivity index (χ2n) is 7.48. The highest BCUT2D eigenvalue weighted by Gasteiger charge is 2.23. The van der Waals surface area contributed by atoms with Gasteiger partial charge in [0, 0.05) is 17.1 Å². The quantitative estimate of drug-likeness (QED) is 0.315. The van der Waals surface area contributed by atoms with Gasteiger partial charge in [-0.1, -0.05) is 30.6 Å². The number of hydrogen-bond donors (Lipinski definition) is 1. The summed E-state index contributed by atoms with van der Waals surface area (Å²) in [4.78, 5) is 31.3. The second-order valence-corrected chi connectivity index (χ2v) is 7.48. The number of nitrogens with zero attached hydrogens (tertiary/aromatic N) is 2. The van der Waals surface area contributed by atoms with Crippen LogP contribution in [0.4, 0.5) is 4.39 Å². The summed E-state index contributed by atoms with van der Waals surface area (Å²) >= 11 is 0. The molecule has 0 saturated heterocycles. The van der Waals surface area contributed by atoms with Crippen LogP contribution in [0.2, 0.25) is 0 Å². The van der Waals surface area contributed by atoms with Gasteiger partial charge in [0.25, 0.3) is 0 Å². The van der Waals surface area contributed by atoms with Gasteiger partial charge in [-0.2, -0.15) is 0 Å². The Hall–Kier alpha value is -4.01. The summed E-state index contributed by atoms with van der Waals surface area (Å²) < 4.78 is 28.9. The molecule has 2 aromatic carbocycles. The molecule has 0 aliphatic heterocycles. The number of aromatic nitrogens is 3. The zero-order valence-electron chi connectivity index (χ0n) is 18.2. The SMILES string of the molecule is CCCCOc1c(C(=O)OC)cc(-c2noc(=O)[nH]2)c2cc(Cc3ccc(F)cc3)cnc12. The molecule has 2 heterocycles. The lowest BCUT2D eigenvalue weighted by Gasteiger charge is -2.15. The summed E-state index contributed by atoms with van der Waals surface area (Å²) in [7, 11) is 1.28. The normalized spacial score (nSPS) is 11.0. The molecule has 0 amide bonds. The number of carbonyl (C=O) groups is 1. The Balaban J connectivity index is 1.90. The number of unbranched alkanes of at least 4 members (excludes halogenated alkanes) is 1. The van der Waals surface area contributed by atoms with E-state index in [4.69, 9.17) is 9.47 Å². The van der Waals surface area contributed by atoms with Crippen LogP contribution in [0.15, 0.2) is 51.9 Å². The van der Waals surface area contributed by atoms with E-state index in [0.717, 1.165) is 24.0 Å². The first-order valence-electron chi connectivity index (χ1n) is 10.5. The van der Waals surface area contributed by atoms with Gasteiger partial charge in [0.2, 0.25) is 0 Å². The number of benzene rings is 2. The summed E-state index contributed by atoms with van der Waals surface area (Å²) in [6.07, 6.45) is 3.89. The fraction of sp³-hybridized carbons (Fsp3) is 0.250. The van der Waals surface area contributed by atoms with Crippen LogP contribution in [0.5, 0.6) is 5.75 Å². The van der Waals surface area contributed by atoms with Crippen LogP contribution in [0.25, 0.3) is 22.3 Å². The number of fused-ring (bicyclic) bond motifs is 1. The van der Waals surface area contributed by atoms with Gasteiger partial charge in [-0.25, -0.2) is 14.0 Å². The zero-order valence-corrected chi connectivity index (χ0v) is 18.2. The molecule has 1 N–H and O–H groups in total. The van der Waals surface area contributed by atoms with Crippen molar-refractivity contribution in [2.24, 2.45) is 0 Å². The maximum absolute atomic E-state index is 13.3. The van der Waals surface area contributed by atoms with Crippen molar-refractivity contribution in [3.05, 3.63) is 75.7 Å². The van der Waals surface area contributed by atoms with Crippen molar-refractivity contribution < 1.29 is 23.2 Å². The van der Waals surface area contributed by atoms with Crippen molar-refractivity contribution in [3.8, 4) is 17.1 Å². The standard InChI is InChI=1S/C24H22FN3O5/c1-3-4-9-32-21-19(23(29)31-2)12-18(22-27-24(30)33-28-22)17-11-15(13-26-20(17)21)10-14-5-7-16(25)8-6-14/h5-8,11-13H,3-4,9-10H2,1-2H3,(H,27,28,30). The molecular formula is C24H22FN3O5. The Morgan fingerprint density at radius 1 is 1.18 bits per heavy atom. The molecule has 4 aromatic rings.